The van der Waals surface area contributed by atoms with Crippen molar-refractivity contribution < 1.29 is 9.59 Å². The molecule has 1 aromatic rings. The largest absolute Gasteiger partial charge is 0.339 e. The molecular formula is C21H31N3O2. The van der Waals surface area contributed by atoms with E-state index in [1.54, 1.807) is 11.0 Å². The second-order valence-corrected chi connectivity index (χ2v) is 7.71. The molecule has 1 aromatic carbocycles. The maximum absolute atomic E-state index is 12.9. The smallest absolute Gasteiger partial charge is 0.255 e. The third-order valence-corrected chi connectivity index (χ3v) is 6.25. The highest BCUT2D eigenvalue weighted by Gasteiger charge is 2.40. The molecule has 3 rings (SSSR count). The first kappa shape index (κ1) is 18.9. The van der Waals surface area contributed by atoms with Gasteiger partial charge in [-0.2, -0.15) is 0 Å². The zero-order chi connectivity index (χ0) is 18.7. The van der Waals surface area contributed by atoms with Crippen LogP contribution in [0.3, 0.4) is 0 Å². The van der Waals surface area contributed by atoms with Gasteiger partial charge in [0.25, 0.3) is 5.91 Å². The van der Waals surface area contributed by atoms with Crippen LogP contribution in [0.1, 0.15) is 56.3 Å². The van der Waals surface area contributed by atoms with Gasteiger partial charge in [-0.1, -0.05) is 18.6 Å². The van der Waals surface area contributed by atoms with E-state index >= 15 is 0 Å². The first-order valence-electron chi connectivity index (χ1n) is 9.99. The molecule has 3 N–H and O–H groups in total. The number of benzene rings is 1. The minimum absolute atomic E-state index is 0.00158. The molecule has 0 heterocycles. The van der Waals surface area contributed by atoms with Crippen LogP contribution in [-0.4, -0.2) is 35.8 Å². The monoisotopic (exact) mass is 357 g/mol. The molecular weight excluding hydrogens is 326 g/mol. The molecule has 0 saturated heterocycles. The third-order valence-electron chi connectivity index (χ3n) is 6.25. The highest BCUT2D eigenvalue weighted by molar-refractivity contribution is 6.04. The second kappa shape index (κ2) is 8.21. The molecule has 2 bridgehead atoms. The standard InChI is InChI=1S/C21H31N3O2/c1-3-24(4-2)21(26)17-10-5-6-11-18(17)23-20(25)16-12-14-8-7-9-15(13-16)19(14)22/h5-6,10-11,14-16,19H,3-4,7-9,12-13,22H2,1-2H3,(H,23,25). The molecule has 2 fully saturated rings. The lowest BCUT2D eigenvalue weighted by Crippen LogP contribution is -2.48. The van der Waals surface area contributed by atoms with E-state index < -0.39 is 0 Å². The number of nitrogens with two attached hydrogens (primary N) is 1. The van der Waals surface area contributed by atoms with Crippen LogP contribution in [0.5, 0.6) is 0 Å². The van der Waals surface area contributed by atoms with Gasteiger partial charge in [-0.05, 0) is 63.5 Å². The molecule has 0 radical (unpaired) electrons. The zero-order valence-corrected chi connectivity index (χ0v) is 15.9. The Bertz CT molecular complexity index is 642. The van der Waals surface area contributed by atoms with Crippen LogP contribution in [-0.2, 0) is 4.79 Å². The summed E-state index contributed by atoms with van der Waals surface area (Å²) in [5, 5.41) is 3.04. The van der Waals surface area contributed by atoms with Gasteiger partial charge in [0, 0.05) is 25.0 Å². The van der Waals surface area contributed by atoms with Crippen LogP contribution >= 0.6 is 0 Å². The minimum Gasteiger partial charge on any atom is -0.339 e. The lowest BCUT2D eigenvalue weighted by Gasteiger charge is -2.43. The van der Waals surface area contributed by atoms with Crippen molar-refractivity contribution in [1.29, 1.82) is 0 Å². The van der Waals surface area contributed by atoms with Crippen LogP contribution in [0.2, 0.25) is 0 Å². The molecule has 5 heteroatoms. The quantitative estimate of drug-likeness (QED) is 0.849. The van der Waals surface area contributed by atoms with Crippen LogP contribution in [0.15, 0.2) is 24.3 Å². The van der Waals surface area contributed by atoms with Crippen molar-refractivity contribution in [3.8, 4) is 0 Å². The minimum atomic E-state index is -0.0339. The van der Waals surface area contributed by atoms with E-state index in [1.807, 2.05) is 32.0 Å². The Morgan fingerprint density at radius 2 is 1.73 bits per heavy atom. The average molecular weight is 357 g/mol. The third kappa shape index (κ3) is 3.78. The topological polar surface area (TPSA) is 75.4 Å². The highest BCUT2D eigenvalue weighted by Crippen LogP contribution is 2.42. The Balaban J connectivity index is 1.73. The summed E-state index contributed by atoms with van der Waals surface area (Å²) in [6, 6.07) is 7.58. The first-order valence-corrected chi connectivity index (χ1v) is 9.99. The van der Waals surface area contributed by atoms with Gasteiger partial charge >= 0.3 is 0 Å². The normalized spacial score (nSPS) is 27.7. The van der Waals surface area contributed by atoms with Crippen LogP contribution in [0.25, 0.3) is 0 Å². The van der Waals surface area contributed by atoms with Gasteiger partial charge in [0.2, 0.25) is 5.91 Å². The summed E-state index contributed by atoms with van der Waals surface area (Å²) in [6.07, 6.45) is 5.25. The Kier molecular flexibility index (Phi) is 5.97. The van der Waals surface area contributed by atoms with Crippen molar-refractivity contribution in [3.63, 3.8) is 0 Å². The number of anilines is 1. The number of hydrogen-bond acceptors (Lipinski definition) is 3. The Labute approximate surface area is 156 Å². The van der Waals surface area contributed by atoms with Gasteiger partial charge in [0.05, 0.1) is 11.3 Å². The lowest BCUT2D eigenvalue weighted by molar-refractivity contribution is -0.122. The highest BCUT2D eigenvalue weighted by atomic mass is 16.2. The summed E-state index contributed by atoms with van der Waals surface area (Å²) < 4.78 is 0. The summed E-state index contributed by atoms with van der Waals surface area (Å²) in [7, 11) is 0. The molecule has 0 aliphatic heterocycles. The molecule has 0 spiro atoms. The number of para-hydroxylation sites is 1. The summed E-state index contributed by atoms with van der Waals surface area (Å²) in [6.45, 7) is 5.24. The number of nitrogens with one attached hydrogen (secondary N) is 1. The van der Waals surface area contributed by atoms with Crippen molar-refractivity contribution in [2.24, 2.45) is 23.5 Å². The summed E-state index contributed by atoms with van der Waals surface area (Å²) in [5.74, 6) is 0.931. The van der Waals surface area contributed by atoms with Crippen molar-refractivity contribution in [3.05, 3.63) is 29.8 Å². The van der Waals surface area contributed by atoms with E-state index in [1.165, 1.54) is 6.42 Å². The Morgan fingerprint density at radius 3 is 2.35 bits per heavy atom. The summed E-state index contributed by atoms with van der Waals surface area (Å²) in [4.78, 5) is 27.4. The van der Waals surface area contributed by atoms with E-state index in [-0.39, 0.29) is 23.8 Å². The van der Waals surface area contributed by atoms with E-state index in [9.17, 15) is 9.59 Å². The number of hydrogen-bond donors (Lipinski definition) is 2. The van der Waals surface area contributed by atoms with E-state index in [4.69, 9.17) is 5.73 Å². The fraction of sp³-hybridized carbons (Fsp3) is 0.619. The van der Waals surface area contributed by atoms with Gasteiger partial charge in [-0.15, -0.1) is 0 Å². The number of carbonyl (C=O) groups is 2. The fourth-order valence-corrected chi connectivity index (χ4v) is 4.70. The molecule has 2 aliphatic rings. The maximum atomic E-state index is 12.9. The zero-order valence-electron chi connectivity index (χ0n) is 15.9. The second-order valence-electron chi connectivity index (χ2n) is 7.71. The number of carbonyl (C=O) groups excluding carboxylic acids is 2. The molecule has 0 aromatic heterocycles. The summed E-state index contributed by atoms with van der Waals surface area (Å²) >= 11 is 0. The van der Waals surface area contributed by atoms with Gasteiger partial charge in [0.15, 0.2) is 0 Å². The van der Waals surface area contributed by atoms with Gasteiger partial charge in [0.1, 0.15) is 0 Å². The molecule has 2 aliphatic carbocycles. The Hall–Kier alpha value is -1.88. The number of rotatable bonds is 5. The SMILES string of the molecule is CCN(CC)C(=O)c1ccccc1NC(=O)C1CC2CCCC(C1)C2N. The van der Waals surface area contributed by atoms with E-state index in [0.717, 1.165) is 25.7 Å². The predicted molar refractivity (Wildman–Crippen MR) is 104 cm³/mol. The lowest BCUT2D eigenvalue weighted by atomic mass is 9.65. The van der Waals surface area contributed by atoms with Crippen molar-refractivity contribution in [1.82, 2.24) is 4.90 Å². The van der Waals surface area contributed by atoms with E-state index in [2.05, 4.69) is 5.32 Å². The first-order chi connectivity index (χ1) is 12.5. The fourth-order valence-electron chi connectivity index (χ4n) is 4.70. The maximum Gasteiger partial charge on any atom is 0.255 e. The van der Waals surface area contributed by atoms with Crippen molar-refractivity contribution >= 4 is 17.5 Å². The molecule has 5 nitrogen and oxygen atoms in total. The molecule has 2 saturated carbocycles. The van der Waals surface area contributed by atoms with Gasteiger partial charge in [-0.3, -0.25) is 9.59 Å². The Morgan fingerprint density at radius 1 is 1.12 bits per heavy atom. The van der Waals surface area contributed by atoms with Gasteiger partial charge < -0.3 is 16.0 Å². The molecule has 2 atom stereocenters. The summed E-state index contributed by atoms with van der Waals surface area (Å²) in [5.41, 5.74) is 7.53. The molecule has 2 unspecified atom stereocenters. The molecule has 26 heavy (non-hydrogen) atoms. The molecule has 142 valence electrons. The number of amides is 2. The van der Waals surface area contributed by atoms with Crippen molar-refractivity contribution in [2.75, 3.05) is 18.4 Å². The number of fused-ring (bicyclic) bond motifs is 2. The van der Waals surface area contributed by atoms with Crippen LogP contribution < -0.4 is 11.1 Å². The predicted octanol–water partition coefficient (Wildman–Crippen LogP) is 3.26. The van der Waals surface area contributed by atoms with Crippen molar-refractivity contribution in [2.45, 2.75) is 52.0 Å². The average Bonchev–Trinajstić information content (AvgIpc) is 2.62. The van der Waals surface area contributed by atoms with Crippen LogP contribution in [0.4, 0.5) is 5.69 Å². The number of nitrogens with zero attached hydrogens (tertiary/aromatic N) is 1. The molecule has 2 amide bonds. The van der Waals surface area contributed by atoms with E-state index in [0.29, 0.717) is 36.2 Å². The van der Waals surface area contributed by atoms with Crippen LogP contribution in [0, 0.1) is 17.8 Å². The van der Waals surface area contributed by atoms with Gasteiger partial charge in [-0.25, -0.2) is 0 Å².